The fourth-order valence-electron chi connectivity index (χ4n) is 1.35. The monoisotopic (exact) mass is 231 g/mol. The molecule has 0 saturated carbocycles. The van der Waals surface area contributed by atoms with Gasteiger partial charge in [-0.2, -0.15) is 0 Å². The van der Waals surface area contributed by atoms with Gasteiger partial charge in [0.25, 0.3) is 0 Å². The molecule has 80 valence electrons. The molecule has 16 heavy (non-hydrogen) atoms. The van der Waals surface area contributed by atoms with Crippen molar-refractivity contribution in [3.63, 3.8) is 0 Å². The SMILES string of the molecule is O=CC=Cc1ccc(-c2csc(=O)[nH]2)cc1. The van der Waals surface area contributed by atoms with Crippen molar-refractivity contribution in [2.45, 2.75) is 0 Å². The molecule has 4 heteroatoms. The Morgan fingerprint density at radius 2 is 1.94 bits per heavy atom. The minimum Gasteiger partial charge on any atom is -0.312 e. The first-order valence-corrected chi connectivity index (χ1v) is 5.57. The molecule has 2 rings (SSSR count). The number of allylic oxidation sites excluding steroid dienone is 1. The number of hydrogen-bond acceptors (Lipinski definition) is 3. The second-order valence-electron chi connectivity index (χ2n) is 3.18. The summed E-state index contributed by atoms with van der Waals surface area (Å²) in [5.74, 6) is 0. The van der Waals surface area contributed by atoms with E-state index < -0.39 is 0 Å². The summed E-state index contributed by atoms with van der Waals surface area (Å²) >= 11 is 1.15. The number of H-pyrrole nitrogens is 1. The highest BCUT2D eigenvalue weighted by molar-refractivity contribution is 7.07. The van der Waals surface area contributed by atoms with Gasteiger partial charge >= 0.3 is 4.87 Å². The Balaban J connectivity index is 2.29. The van der Waals surface area contributed by atoms with Crippen LogP contribution in [0, 0.1) is 0 Å². The molecule has 0 saturated heterocycles. The lowest BCUT2D eigenvalue weighted by atomic mass is 10.1. The van der Waals surface area contributed by atoms with Crippen LogP contribution in [0.4, 0.5) is 0 Å². The van der Waals surface area contributed by atoms with Crippen LogP contribution in [0.3, 0.4) is 0 Å². The molecule has 1 aromatic carbocycles. The number of rotatable bonds is 3. The molecule has 0 aliphatic carbocycles. The van der Waals surface area contributed by atoms with Gasteiger partial charge in [0.15, 0.2) is 0 Å². The fourth-order valence-corrected chi connectivity index (χ4v) is 1.93. The maximum Gasteiger partial charge on any atom is 0.304 e. The summed E-state index contributed by atoms with van der Waals surface area (Å²) in [5.41, 5.74) is 2.73. The first-order valence-electron chi connectivity index (χ1n) is 4.70. The van der Waals surface area contributed by atoms with E-state index in [2.05, 4.69) is 4.98 Å². The predicted octanol–water partition coefficient (Wildman–Crippen LogP) is 2.32. The van der Waals surface area contributed by atoms with Crippen LogP contribution in [0.25, 0.3) is 17.3 Å². The summed E-state index contributed by atoms with van der Waals surface area (Å²) in [7, 11) is 0. The first-order chi connectivity index (χ1) is 7.79. The Bertz CT molecular complexity index is 563. The van der Waals surface area contributed by atoms with Crippen molar-refractivity contribution in [3.8, 4) is 11.3 Å². The topological polar surface area (TPSA) is 49.9 Å². The van der Waals surface area contributed by atoms with Gasteiger partial charge in [-0.3, -0.25) is 9.59 Å². The molecule has 0 atom stereocenters. The Morgan fingerprint density at radius 3 is 2.50 bits per heavy atom. The number of hydrogen-bond donors (Lipinski definition) is 1. The molecule has 3 nitrogen and oxygen atoms in total. The number of nitrogens with one attached hydrogen (secondary N) is 1. The van der Waals surface area contributed by atoms with Crippen LogP contribution in [0.5, 0.6) is 0 Å². The molecule has 0 fully saturated rings. The molecule has 1 aromatic heterocycles. The summed E-state index contributed by atoms with van der Waals surface area (Å²) in [6.45, 7) is 0. The highest BCUT2D eigenvalue weighted by Crippen LogP contribution is 2.17. The number of carbonyl (C=O) groups is 1. The first kappa shape index (κ1) is 10.6. The maximum atomic E-state index is 11.0. The average Bonchev–Trinajstić information content (AvgIpc) is 2.74. The van der Waals surface area contributed by atoms with Crippen molar-refractivity contribution >= 4 is 23.7 Å². The summed E-state index contributed by atoms with van der Waals surface area (Å²) in [4.78, 5) is 23.8. The second kappa shape index (κ2) is 4.72. The van der Waals surface area contributed by atoms with E-state index in [-0.39, 0.29) is 4.87 Å². The van der Waals surface area contributed by atoms with Gasteiger partial charge in [0, 0.05) is 5.38 Å². The van der Waals surface area contributed by atoms with Gasteiger partial charge in [-0.15, -0.1) is 0 Å². The van der Waals surface area contributed by atoms with Crippen LogP contribution in [-0.2, 0) is 4.79 Å². The van der Waals surface area contributed by atoms with E-state index in [1.54, 1.807) is 11.5 Å². The Labute approximate surface area is 96.1 Å². The van der Waals surface area contributed by atoms with Crippen molar-refractivity contribution in [1.82, 2.24) is 4.98 Å². The van der Waals surface area contributed by atoms with Crippen LogP contribution in [0.15, 0.2) is 40.5 Å². The van der Waals surface area contributed by atoms with E-state index in [0.29, 0.717) is 0 Å². The second-order valence-corrected chi connectivity index (χ2v) is 4.02. The molecule has 2 aromatic rings. The molecule has 0 aliphatic rings. The molecule has 0 unspecified atom stereocenters. The van der Waals surface area contributed by atoms with Crippen LogP contribution in [0.1, 0.15) is 5.56 Å². The molecule has 1 heterocycles. The zero-order chi connectivity index (χ0) is 11.4. The van der Waals surface area contributed by atoms with Crippen molar-refractivity contribution in [3.05, 3.63) is 51.0 Å². The van der Waals surface area contributed by atoms with Crippen molar-refractivity contribution in [2.24, 2.45) is 0 Å². The Hall–Kier alpha value is -1.94. The molecular weight excluding hydrogens is 222 g/mol. The van der Waals surface area contributed by atoms with Gasteiger partial charge in [-0.25, -0.2) is 0 Å². The smallest absolute Gasteiger partial charge is 0.304 e. The maximum absolute atomic E-state index is 11.0. The zero-order valence-corrected chi connectivity index (χ0v) is 9.16. The summed E-state index contributed by atoms with van der Waals surface area (Å²) < 4.78 is 0. The van der Waals surface area contributed by atoms with Crippen molar-refractivity contribution in [1.29, 1.82) is 0 Å². The van der Waals surface area contributed by atoms with Crippen molar-refractivity contribution < 1.29 is 4.79 Å². The quantitative estimate of drug-likeness (QED) is 0.651. The third-order valence-corrected chi connectivity index (χ3v) is 2.78. The summed E-state index contributed by atoms with van der Waals surface area (Å²) in [5, 5.41) is 1.79. The van der Waals surface area contributed by atoms with Gasteiger partial charge in [0.2, 0.25) is 0 Å². The highest BCUT2D eigenvalue weighted by atomic mass is 32.1. The van der Waals surface area contributed by atoms with Gasteiger partial charge in [-0.1, -0.05) is 41.7 Å². The number of benzene rings is 1. The Morgan fingerprint density at radius 1 is 1.19 bits per heavy atom. The van der Waals surface area contributed by atoms with E-state index in [1.165, 1.54) is 6.08 Å². The lowest BCUT2D eigenvalue weighted by Crippen LogP contribution is -1.92. The van der Waals surface area contributed by atoms with E-state index in [0.717, 1.165) is 34.4 Å². The van der Waals surface area contributed by atoms with Crippen LogP contribution in [0.2, 0.25) is 0 Å². The standard InChI is InChI=1S/C12H9NO2S/c14-7-1-2-9-3-5-10(6-4-9)11-8-16-12(15)13-11/h1-8H,(H,13,15). The molecule has 0 radical (unpaired) electrons. The minimum atomic E-state index is -0.0556. The van der Waals surface area contributed by atoms with Crippen LogP contribution in [-0.4, -0.2) is 11.3 Å². The van der Waals surface area contributed by atoms with Crippen LogP contribution < -0.4 is 4.87 Å². The average molecular weight is 231 g/mol. The third-order valence-electron chi connectivity index (χ3n) is 2.11. The van der Waals surface area contributed by atoms with Gasteiger partial charge in [0.05, 0.1) is 5.69 Å². The molecule has 1 N–H and O–H groups in total. The lowest BCUT2D eigenvalue weighted by Gasteiger charge is -1.97. The number of aromatic amines is 1. The van der Waals surface area contributed by atoms with Gasteiger partial charge in [-0.05, 0) is 17.2 Å². The zero-order valence-electron chi connectivity index (χ0n) is 8.34. The van der Waals surface area contributed by atoms with E-state index >= 15 is 0 Å². The lowest BCUT2D eigenvalue weighted by molar-refractivity contribution is -0.104. The third kappa shape index (κ3) is 2.35. The number of aldehydes is 1. The number of aromatic nitrogens is 1. The number of carbonyl (C=O) groups excluding carboxylic acids is 1. The fraction of sp³-hybridized carbons (Fsp3) is 0. The van der Waals surface area contributed by atoms with Crippen molar-refractivity contribution in [2.75, 3.05) is 0 Å². The van der Waals surface area contributed by atoms with E-state index in [4.69, 9.17) is 0 Å². The predicted molar refractivity (Wildman–Crippen MR) is 65.5 cm³/mol. The molecule has 0 aliphatic heterocycles. The normalized spacial score (nSPS) is 10.8. The highest BCUT2D eigenvalue weighted by Gasteiger charge is 1.99. The Kier molecular flexibility index (Phi) is 3.12. The van der Waals surface area contributed by atoms with Gasteiger partial charge in [0.1, 0.15) is 6.29 Å². The number of thiazole rings is 1. The molecule has 0 spiro atoms. The van der Waals surface area contributed by atoms with E-state index in [9.17, 15) is 9.59 Å². The summed E-state index contributed by atoms with van der Waals surface area (Å²) in [6, 6.07) is 7.60. The molecular formula is C12H9NO2S. The van der Waals surface area contributed by atoms with Gasteiger partial charge < -0.3 is 4.98 Å². The molecule has 0 bridgehead atoms. The molecule has 0 amide bonds. The van der Waals surface area contributed by atoms with Crippen LogP contribution >= 0.6 is 11.3 Å². The largest absolute Gasteiger partial charge is 0.312 e. The minimum absolute atomic E-state index is 0.0556. The van der Waals surface area contributed by atoms with E-state index in [1.807, 2.05) is 24.3 Å². The summed E-state index contributed by atoms with van der Waals surface area (Å²) in [6.07, 6.45) is 3.92.